The lowest BCUT2D eigenvalue weighted by atomic mass is 10.1. The van der Waals surface area contributed by atoms with Gasteiger partial charge in [0, 0.05) is 0 Å². The fourth-order valence-electron chi connectivity index (χ4n) is 1.13. The molecule has 12 heavy (non-hydrogen) atoms. The Morgan fingerprint density at radius 3 is 1.50 bits per heavy atom. The van der Waals surface area contributed by atoms with E-state index in [0.717, 1.165) is 22.5 Å². The Morgan fingerprint density at radius 2 is 1.25 bits per heavy atom. The predicted molar refractivity (Wildman–Crippen MR) is 51.5 cm³/mol. The Kier molecular flexibility index (Phi) is 2.52. The zero-order valence-corrected chi connectivity index (χ0v) is 7.31. The number of hydrogen-bond donors (Lipinski definition) is 4. The molecule has 1 rings (SSSR count). The van der Waals surface area contributed by atoms with E-state index in [1.165, 1.54) is 0 Å². The van der Waals surface area contributed by atoms with Gasteiger partial charge in [0.1, 0.15) is 0 Å². The van der Waals surface area contributed by atoms with Crippen LogP contribution in [-0.4, -0.2) is 0 Å². The number of anilines is 2. The summed E-state index contributed by atoms with van der Waals surface area (Å²) in [5.41, 5.74) is 9.29. The summed E-state index contributed by atoms with van der Waals surface area (Å²) in [6.45, 7) is 3.98. The van der Waals surface area contributed by atoms with Crippen molar-refractivity contribution in [3.8, 4) is 0 Å². The summed E-state index contributed by atoms with van der Waals surface area (Å²) in [6, 6.07) is 3.77. The van der Waals surface area contributed by atoms with Gasteiger partial charge in [-0.15, -0.1) is 0 Å². The van der Waals surface area contributed by atoms with Gasteiger partial charge in [-0.2, -0.15) is 0 Å². The van der Waals surface area contributed by atoms with Crippen LogP contribution in [0.1, 0.15) is 11.1 Å². The maximum atomic E-state index is 5.31. The lowest BCUT2D eigenvalue weighted by molar-refractivity contribution is 1.24. The second-order valence-corrected chi connectivity index (χ2v) is 2.70. The van der Waals surface area contributed by atoms with E-state index in [9.17, 15) is 0 Å². The summed E-state index contributed by atoms with van der Waals surface area (Å²) in [4.78, 5) is 0. The van der Waals surface area contributed by atoms with E-state index in [4.69, 9.17) is 11.7 Å². The van der Waals surface area contributed by atoms with Crippen LogP contribution in [0.15, 0.2) is 12.1 Å². The minimum absolute atomic E-state index is 0.923. The molecule has 4 heteroatoms. The molecule has 0 radical (unpaired) electrons. The summed E-state index contributed by atoms with van der Waals surface area (Å²) in [5, 5.41) is 0. The fourth-order valence-corrected chi connectivity index (χ4v) is 1.13. The van der Waals surface area contributed by atoms with Crippen LogP contribution in [0.3, 0.4) is 0 Å². The van der Waals surface area contributed by atoms with Gasteiger partial charge in [-0.25, -0.2) is 0 Å². The van der Waals surface area contributed by atoms with Crippen molar-refractivity contribution in [1.82, 2.24) is 0 Å². The molecule has 0 unspecified atom stereocenters. The maximum Gasteiger partial charge on any atom is 0.0518 e. The van der Waals surface area contributed by atoms with Crippen LogP contribution >= 0.6 is 0 Å². The number of nitrogen functional groups attached to an aromatic ring is 2. The van der Waals surface area contributed by atoms with Crippen molar-refractivity contribution in [2.75, 3.05) is 10.9 Å². The lowest BCUT2D eigenvalue weighted by Crippen LogP contribution is -2.12. The standard InChI is InChI=1S/C8H14N4/c1-5-6(2)8(12-10)4-3-7(5)11-9/h3-4,11-12H,9-10H2,1-2H3. The fraction of sp³-hybridized carbons (Fsp3) is 0.250. The molecule has 0 heterocycles. The van der Waals surface area contributed by atoms with Crippen molar-refractivity contribution in [2.45, 2.75) is 13.8 Å². The normalized spacial score (nSPS) is 9.67. The van der Waals surface area contributed by atoms with Crippen LogP contribution in [-0.2, 0) is 0 Å². The van der Waals surface area contributed by atoms with E-state index in [1.54, 1.807) is 0 Å². The zero-order chi connectivity index (χ0) is 9.14. The quantitative estimate of drug-likeness (QED) is 0.388. The largest absolute Gasteiger partial charge is 0.324 e. The van der Waals surface area contributed by atoms with Crippen molar-refractivity contribution in [3.63, 3.8) is 0 Å². The van der Waals surface area contributed by atoms with Crippen LogP contribution in [0.25, 0.3) is 0 Å². The van der Waals surface area contributed by atoms with Gasteiger partial charge in [0.15, 0.2) is 0 Å². The molecule has 0 saturated carbocycles. The minimum atomic E-state index is 0.923. The second kappa shape index (κ2) is 3.42. The third-order valence-electron chi connectivity index (χ3n) is 2.10. The van der Waals surface area contributed by atoms with Crippen molar-refractivity contribution in [3.05, 3.63) is 23.3 Å². The molecule has 0 aliphatic heterocycles. The van der Waals surface area contributed by atoms with Gasteiger partial charge in [0.25, 0.3) is 0 Å². The first kappa shape index (κ1) is 8.83. The Bertz CT molecular complexity index is 254. The highest BCUT2D eigenvalue weighted by Crippen LogP contribution is 2.23. The summed E-state index contributed by atoms with van der Waals surface area (Å²) in [7, 11) is 0. The van der Waals surface area contributed by atoms with Gasteiger partial charge in [0.05, 0.1) is 11.4 Å². The van der Waals surface area contributed by atoms with Crippen LogP contribution in [0.5, 0.6) is 0 Å². The molecule has 66 valence electrons. The average Bonchev–Trinajstić information content (AvgIpc) is 2.10. The number of benzene rings is 1. The molecule has 0 atom stereocenters. The molecule has 4 nitrogen and oxygen atoms in total. The van der Waals surface area contributed by atoms with Crippen molar-refractivity contribution in [2.24, 2.45) is 11.7 Å². The topological polar surface area (TPSA) is 76.1 Å². The molecule has 0 aliphatic rings. The Labute approximate surface area is 71.9 Å². The molecule has 1 aromatic rings. The zero-order valence-electron chi connectivity index (χ0n) is 7.31. The Hall–Kier alpha value is -1.26. The third-order valence-corrected chi connectivity index (χ3v) is 2.10. The van der Waals surface area contributed by atoms with E-state index in [2.05, 4.69) is 10.9 Å². The number of nitrogens with two attached hydrogens (primary N) is 2. The van der Waals surface area contributed by atoms with Crippen molar-refractivity contribution in [1.29, 1.82) is 0 Å². The molecular weight excluding hydrogens is 152 g/mol. The third kappa shape index (κ3) is 1.34. The van der Waals surface area contributed by atoms with Crippen molar-refractivity contribution >= 4 is 11.4 Å². The monoisotopic (exact) mass is 166 g/mol. The highest BCUT2D eigenvalue weighted by Gasteiger charge is 2.03. The van der Waals surface area contributed by atoms with Crippen LogP contribution in [0.2, 0.25) is 0 Å². The van der Waals surface area contributed by atoms with E-state index in [1.807, 2.05) is 26.0 Å². The molecule has 0 aliphatic carbocycles. The molecule has 0 bridgehead atoms. The van der Waals surface area contributed by atoms with Crippen LogP contribution in [0, 0.1) is 13.8 Å². The molecule has 0 aromatic heterocycles. The highest BCUT2D eigenvalue weighted by molar-refractivity contribution is 5.63. The molecule has 0 fully saturated rings. The summed E-state index contributed by atoms with van der Waals surface area (Å²) in [6.07, 6.45) is 0. The molecule has 6 N–H and O–H groups in total. The minimum Gasteiger partial charge on any atom is -0.324 e. The molecule has 0 spiro atoms. The molecule has 0 amide bonds. The second-order valence-electron chi connectivity index (χ2n) is 2.70. The van der Waals surface area contributed by atoms with E-state index in [-0.39, 0.29) is 0 Å². The van der Waals surface area contributed by atoms with E-state index < -0.39 is 0 Å². The first-order valence-electron chi connectivity index (χ1n) is 3.74. The Morgan fingerprint density at radius 1 is 0.917 bits per heavy atom. The summed E-state index contributed by atoms with van der Waals surface area (Å²) < 4.78 is 0. The maximum absolute atomic E-state index is 5.31. The van der Waals surface area contributed by atoms with Crippen molar-refractivity contribution < 1.29 is 0 Å². The van der Waals surface area contributed by atoms with Gasteiger partial charge in [-0.1, -0.05) is 0 Å². The predicted octanol–water partition coefficient (Wildman–Crippen LogP) is 0.875. The summed E-state index contributed by atoms with van der Waals surface area (Å²) >= 11 is 0. The number of hydrazine groups is 2. The number of rotatable bonds is 2. The first-order valence-corrected chi connectivity index (χ1v) is 3.74. The Balaban J connectivity index is 3.20. The van der Waals surface area contributed by atoms with Gasteiger partial charge in [-0.3, -0.25) is 11.7 Å². The molecule has 0 saturated heterocycles. The molecule has 1 aromatic carbocycles. The smallest absolute Gasteiger partial charge is 0.0518 e. The SMILES string of the molecule is Cc1c(NN)ccc(NN)c1C. The van der Waals surface area contributed by atoms with Gasteiger partial charge in [-0.05, 0) is 37.1 Å². The number of hydrogen-bond acceptors (Lipinski definition) is 4. The van der Waals surface area contributed by atoms with Gasteiger partial charge >= 0.3 is 0 Å². The average molecular weight is 166 g/mol. The van der Waals surface area contributed by atoms with Gasteiger partial charge < -0.3 is 10.9 Å². The first-order chi connectivity index (χ1) is 5.70. The number of nitrogens with one attached hydrogen (secondary N) is 2. The van der Waals surface area contributed by atoms with E-state index in [0.29, 0.717) is 0 Å². The van der Waals surface area contributed by atoms with Crippen LogP contribution in [0.4, 0.5) is 11.4 Å². The summed E-state index contributed by atoms with van der Waals surface area (Å²) in [5.74, 6) is 10.6. The molecular formula is C8H14N4. The van der Waals surface area contributed by atoms with E-state index >= 15 is 0 Å². The highest BCUT2D eigenvalue weighted by atomic mass is 15.2. The lowest BCUT2D eigenvalue weighted by Gasteiger charge is -2.11. The van der Waals surface area contributed by atoms with Gasteiger partial charge in [0.2, 0.25) is 0 Å². The van der Waals surface area contributed by atoms with Crippen LogP contribution < -0.4 is 22.5 Å².